The van der Waals surface area contributed by atoms with Crippen LogP contribution in [0.15, 0.2) is 18.2 Å². The molecule has 4 heterocycles. The van der Waals surface area contributed by atoms with E-state index in [0.29, 0.717) is 29.6 Å². The van der Waals surface area contributed by atoms with E-state index < -0.39 is 5.60 Å². The first-order valence-corrected chi connectivity index (χ1v) is 13.0. The van der Waals surface area contributed by atoms with Crippen molar-refractivity contribution < 1.29 is 14.3 Å². The summed E-state index contributed by atoms with van der Waals surface area (Å²) in [5.41, 5.74) is 0.711. The number of fused-ring (bicyclic) bond motifs is 1. The number of nitrogens with one attached hydrogen (secondary N) is 3. The van der Waals surface area contributed by atoms with Gasteiger partial charge in [0.25, 0.3) is 5.91 Å². The molecule has 3 saturated heterocycles. The van der Waals surface area contributed by atoms with E-state index in [9.17, 15) is 9.59 Å². The van der Waals surface area contributed by atoms with E-state index in [-0.39, 0.29) is 23.8 Å². The molecule has 0 radical (unpaired) electrons. The molecule has 34 heavy (non-hydrogen) atoms. The summed E-state index contributed by atoms with van der Waals surface area (Å²) in [7, 11) is 0. The lowest BCUT2D eigenvalue weighted by Gasteiger charge is -2.51. The minimum Gasteiger partial charge on any atom is -0.480 e. The van der Waals surface area contributed by atoms with Crippen molar-refractivity contribution in [2.45, 2.75) is 63.6 Å². The van der Waals surface area contributed by atoms with Crippen molar-refractivity contribution in [1.29, 1.82) is 0 Å². The smallest absolute Gasteiger partial charge is 0.258 e. The summed E-state index contributed by atoms with van der Waals surface area (Å²) in [6, 6.07) is 6.14. The number of rotatable bonds is 5. The molecule has 1 aromatic carbocycles. The molecule has 0 aliphatic carbocycles. The highest BCUT2D eigenvalue weighted by Crippen LogP contribution is 2.40. The first-order chi connectivity index (χ1) is 16.4. The molecular formula is C26H39N5O3. The van der Waals surface area contributed by atoms with Gasteiger partial charge in [0.15, 0.2) is 11.4 Å². The van der Waals surface area contributed by atoms with Gasteiger partial charge in [0.2, 0.25) is 5.91 Å². The zero-order valence-corrected chi connectivity index (χ0v) is 20.6. The topological polar surface area (TPSA) is 85.9 Å². The van der Waals surface area contributed by atoms with Gasteiger partial charge in [0.1, 0.15) is 0 Å². The Morgan fingerprint density at radius 3 is 2.65 bits per heavy atom. The predicted molar refractivity (Wildman–Crippen MR) is 132 cm³/mol. The van der Waals surface area contributed by atoms with E-state index in [1.165, 1.54) is 19.3 Å². The number of piperidine rings is 2. The molecule has 8 nitrogen and oxygen atoms in total. The van der Waals surface area contributed by atoms with E-state index in [2.05, 4.69) is 34.7 Å². The molecule has 1 spiro atoms. The molecule has 186 valence electrons. The van der Waals surface area contributed by atoms with Crippen LogP contribution in [0.2, 0.25) is 0 Å². The zero-order valence-electron chi connectivity index (χ0n) is 20.6. The maximum Gasteiger partial charge on any atom is 0.258 e. The van der Waals surface area contributed by atoms with Crippen LogP contribution >= 0.6 is 0 Å². The van der Waals surface area contributed by atoms with Gasteiger partial charge in [-0.1, -0.05) is 12.5 Å². The van der Waals surface area contributed by atoms with E-state index in [0.717, 1.165) is 52.1 Å². The quantitative estimate of drug-likeness (QED) is 0.612. The summed E-state index contributed by atoms with van der Waals surface area (Å²) >= 11 is 0. The molecular weight excluding hydrogens is 430 g/mol. The van der Waals surface area contributed by atoms with E-state index >= 15 is 0 Å². The van der Waals surface area contributed by atoms with Gasteiger partial charge in [-0.2, -0.15) is 0 Å². The molecule has 4 aliphatic heterocycles. The van der Waals surface area contributed by atoms with Gasteiger partial charge in [0, 0.05) is 37.6 Å². The van der Waals surface area contributed by atoms with Gasteiger partial charge in [-0.25, -0.2) is 0 Å². The normalized spacial score (nSPS) is 25.4. The summed E-state index contributed by atoms with van der Waals surface area (Å²) in [5.74, 6) is 0.520. The lowest BCUT2D eigenvalue weighted by Crippen LogP contribution is -2.70. The van der Waals surface area contributed by atoms with Crippen LogP contribution in [-0.4, -0.2) is 85.1 Å². The van der Waals surface area contributed by atoms with Gasteiger partial charge in [-0.05, 0) is 71.3 Å². The summed E-state index contributed by atoms with van der Waals surface area (Å²) in [6.07, 6.45) is 5.43. The van der Waals surface area contributed by atoms with Crippen molar-refractivity contribution in [2.75, 3.05) is 51.1 Å². The average molecular weight is 470 g/mol. The number of anilines is 1. The summed E-state index contributed by atoms with van der Waals surface area (Å²) in [6.45, 7) is 10.1. The fraction of sp³-hybridized carbons (Fsp3) is 0.692. The highest BCUT2D eigenvalue weighted by Gasteiger charge is 2.50. The fourth-order valence-electron chi connectivity index (χ4n) is 5.89. The Kier molecular flexibility index (Phi) is 6.82. The minimum absolute atomic E-state index is 0.0121. The number of hydrogen-bond donors (Lipinski definition) is 3. The number of nitrogens with zero attached hydrogens (tertiary/aromatic N) is 2. The molecule has 3 fully saturated rings. The number of ether oxygens (including phenoxy) is 1. The molecule has 8 heteroatoms. The van der Waals surface area contributed by atoms with Crippen LogP contribution in [0.5, 0.6) is 5.75 Å². The summed E-state index contributed by atoms with van der Waals surface area (Å²) in [5, 5.41) is 10.1. The lowest BCUT2D eigenvalue weighted by molar-refractivity contribution is -0.120. The van der Waals surface area contributed by atoms with E-state index in [4.69, 9.17) is 4.74 Å². The van der Waals surface area contributed by atoms with Crippen LogP contribution in [0.25, 0.3) is 0 Å². The third kappa shape index (κ3) is 4.81. The standard InChI is InChI=1S/C26H39N5O3/c1-18(2)31-17-26(15-30(16-26)14-20-6-3-4-11-28-20)34-23-21(25(31)33)7-5-8-22(23)29-24(32)19-9-12-27-13-10-19/h5,7-8,18-20,27-28H,3-4,6,9-17H2,1-2H3,(H,29,32). The number of amides is 2. The van der Waals surface area contributed by atoms with Gasteiger partial charge in [-0.3, -0.25) is 14.5 Å². The number of likely N-dealkylation sites (tertiary alicyclic amines) is 1. The second-order valence-electron chi connectivity index (χ2n) is 10.8. The first-order valence-electron chi connectivity index (χ1n) is 13.0. The largest absolute Gasteiger partial charge is 0.480 e. The van der Waals surface area contributed by atoms with Crippen LogP contribution in [0.3, 0.4) is 0 Å². The average Bonchev–Trinajstić information content (AvgIpc) is 2.96. The molecule has 0 saturated carbocycles. The van der Waals surface area contributed by atoms with Crippen LogP contribution in [0.4, 0.5) is 5.69 Å². The Hall–Kier alpha value is -2.16. The maximum absolute atomic E-state index is 13.5. The molecule has 0 bridgehead atoms. The molecule has 1 unspecified atom stereocenters. The molecule has 5 rings (SSSR count). The Labute approximate surface area is 202 Å². The third-order valence-corrected chi connectivity index (χ3v) is 7.79. The number of hydrogen-bond acceptors (Lipinski definition) is 6. The second kappa shape index (κ2) is 9.84. The Morgan fingerprint density at radius 2 is 1.94 bits per heavy atom. The van der Waals surface area contributed by atoms with Crippen LogP contribution in [0.1, 0.15) is 56.3 Å². The van der Waals surface area contributed by atoms with Crippen molar-refractivity contribution >= 4 is 17.5 Å². The van der Waals surface area contributed by atoms with Crippen molar-refractivity contribution in [3.8, 4) is 5.75 Å². The molecule has 1 aromatic rings. The zero-order chi connectivity index (χ0) is 23.7. The van der Waals surface area contributed by atoms with Crippen LogP contribution in [-0.2, 0) is 4.79 Å². The highest BCUT2D eigenvalue weighted by molar-refractivity contribution is 6.02. The molecule has 3 N–H and O–H groups in total. The fourth-order valence-corrected chi connectivity index (χ4v) is 5.89. The molecule has 0 aromatic heterocycles. The van der Waals surface area contributed by atoms with Crippen molar-refractivity contribution in [3.63, 3.8) is 0 Å². The number of carbonyl (C=O) groups is 2. The predicted octanol–water partition coefficient (Wildman–Crippen LogP) is 2.06. The molecule has 2 amide bonds. The third-order valence-electron chi connectivity index (χ3n) is 7.79. The van der Waals surface area contributed by atoms with Crippen LogP contribution in [0, 0.1) is 5.92 Å². The number of para-hydroxylation sites is 1. The van der Waals surface area contributed by atoms with Gasteiger partial charge < -0.3 is 25.6 Å². The maximum atomic E-state index is 13.5. The second-order valence-corrected chi connectivity index (χ2v) is 10.8. The van der Waals surface area contributed by atoms with Crippen LogP contribution < -0.4 is 20.7 Å². The van der Waals surface area contributed by atoms with Gasteiger partial charge in [-0.15, -0.1) is 0 Å². The number of benzene rings is 1. The van der Waals surface area contributed by atoms with Crippen molar-refractivity contribution in [1.82, 2.24) is 20.4 Å². The molecule has 4 aliphatic rings. The SMILES string of the molecule is CC(C)N1CC2(CN(CC3CCCCN3)C2)Oc2c(NC(=O)C3CCNCC3)cccc2C1=O. The summed E-state index contributed by atoms with van der Waals surface area (Å²) in [4.78, 5) is 30.9. The first kappa shape index (κ1) is 23.6. The Bertz CT molecular complexity index is 902. The summed E-state index contributed by atoms with van der Waals surface area (Å²) < 4.78 is 6.72. The van der Waals surface area contributed by atoms with Crippen molar-refractivity contribution in [2.24, 2.45) is 5.92 Å². The van der Waals surface area contributed by atoms with Gasteiger partial charge >= 0.3 is 0 Å². The number of carbonyl (C=O) groups excluding carboxylic acids is 2. The lowest BCUT2D eigenvalue weighted by atomic mass is 9.91. The minimum atomic E-state index is -0.449. The van der Waals surface area contributed by atoms with E-state index in [1.54, 1.807) is 0 Å². The van der Waals surface area contributed by atoms with Crippen molar-refractivity contribution in [3.05, 3.63) is 23.8 Å². The highest BCUT2D eigenvalue weighted by atomic mass is 16.5. The Balaban J connectivity index is 1.37. The monoisotopic (exact) mass is 469 g/mol. The van der Waals surface area contributed by atoms with Gasteiger partial charge in [0.05, 0.1) is 17.8 Å². The Morgan fingerprint density at radius 1 is 1.15 bits per heavy atom. The van der Waals surface area contributed by atoms with E-state index in [1.807, 2.05) is 23.1 Å². The molecule has 1 atom stereocenters.